The average Bonchev–Trinajstić information content (AvgIpc) is 2.51. The molecule has 1 saturated heterocycles. The highest BCUT2D eigenvalue weighted by molar-refractivity contribution is 5.79. The van der Waals surface area contributed by atoms with E-state index < -0.39 is 0 Å². The van der Waals surface area contributed by atoms with Crippen LogP contribution in [0.3, 0.4) is 0 Å². The van der Waals surface area contributed by atoms with Gasteiger partial charge in [-0.05, 0) is 42.9 Å². The molecular formula is C16H23N3O. The lowest BCUT2D eigenvalue weighted by Gasteiger charge is -2.41. The number of hydrogen-bond donors (Lipinski definition) is 3. The second-order valence-electron chi connectivity index (χ2n) is 5.95. The Bertz CT molecular complexity index is 471. The van der Waals surface area contributed by atoms with Crippen molar-refractivity contribution >= 4 is 11.6 Å². The summed E-state index contributed by atoms with van der Waals surface area (Å²) >= 11 is 0. The van der Waals surface area contributed by atoms with Crippen LogP contribution in [0.15, 0.2) is 24.3 Å². The Balaban J connectivity index is 1.70. The molecule has 20 heavy (non-hydrogen) atoms. The van der Waals surface area contributed by atoms with Crippen molar-refractivity contribution in [3.05, 3.63) is 29.8 Å². The number of hydrogen-bond acceptors (Lipinski definition) is 3. The number of fused-ring (bicyclic) bond motifs is 1. The van der Waals surface area contributed by atoms with Gasteiger partial charge in [-0.1, -0.05) is 25.0 Å². The molecule has 1 saturated carbocycles. The monoisotopic (exact) mass is 273 g/mol. The van der Waals surface area contributed by atoms with Crippen LogP contribution in [0.4, 0.5) is 5.69 Å². The summed E-state index contributed by atoms with van der Waals surface area (Å²) in [5.41, 5.74) is 8.56. The Kier molecular flexibility index (Phi) is 3.92. The predicted molar refractivity (Wildman–Crippen MR) is 80.2 cm³/mol. The molecule has 1 aromatic carbocycles. The standard InChI is InChI=1S/C16H23N3O/c1-17-12-8-6-11(7-9-12)10-15-13-4-2-3-5-14(13)16(20)19-18-15/h6-9,13-15,17-18H,2-5,10H2,1H3,(H,19,20). The lowest BCUT2D eigenvalue weighted by atomic mass is 9.72. The summed E-state index contributed by atoms with van der Waals surface area (Å²) in [6.45, 7) is 0. The normalized spacial score (nSPS) is 29.4. The lowest BCUT2D eigenvalue weighted by molar-refractivity contribution is -0.133. The summed E-state index contributed by atoms with van der Waals surface area (Å²) in [7, 11) is 1.93. The molecule has 0 spiro atoms. The van der Waals surface area contributed by atoms with E-state index >= 15 is 0 Å². The first-order chi connectivity index (χ1) is 9.78. The first-order valence-corrected chi connectivity index (χ1v) is 7.60. The summed E-state index contributed by atoms with van der Waals surface area (Å²) in [5, 5.41) is 3.14. The Morgan fingerprint density at radius 2 is 1.95 bits per heavy atom. The van der Waals surface area contributed by atoms with E-state index in [1.54, 1.807) is 0 Å². The molecule has 2 fully saturated rings. The largest absolute Gasteiger partial charge is 0.388 e. The van der Waals surface area contributed by atoms with Gasteiger partial charge >= 0.3 is 0 Å². The highest BCUT2D eigenvalue weighted by atomic mass is 16.2. The van der Waals surface area contributed by atoms with Crippen LogP contribution in [-0.2, 0) is 11.2 Å². The van der Waals surface area contributed by atoms with Crippen LogP contribution in [0.5, 0.6) is 0 Å². The minimum atomic E-state index is 0.191. The van der Waals surface area contributed by atoms with Crippen LogP contribution in [0, 0.1) is 11.8 Å². The van der Waals surface area contributed by atoms with Gasteiger partial charge in [0.05, 0.1) is 0 Å². The molecule has 3 atom stereocenters. The smallest absolute Gasteiger partial charge is 0.237 e. The third-order valence-corrected chi connectivity index (χ3v) is 4.75. The van der Waals surface area contributed by atoms with Gasteiger partial charge in [0.25, 0.3) is 0 Å². The first-order valence-electron chi connectivity index (χ1n) is 7.60. The fourth-order valence-corrected chi connectivity index (χ4v) is 3.59. The molecule has 0 bridgehead atoms. The Labute approximate surface area is 120 Å². The van der Waals surface area contributed by atoms with Gasteiger partial charge in [-0.15, -0.1) is 0 Å². The van der Waals surface area contributed by atoms with Crippen LogP contribution in [0.25, 0.3) is 0 Å². The first kappa shape index (κ1) is 13.4. The molecule has 3 N–H and O–H groups in total. The highest BCUT2D eigenvalue weighted by Crippen LogP contribution is 2.35. The van der Waals surface area contributed by atoms with Gasteiger partial charge in [-0.2, -0.15) is 0 Å². The van der Waals surface area contributed by atoms with Crippen molar-refractivity contribution in [1.82, 2.24) is 10.9 Å². The number of anilines is 1. The number of nitrogens with one attached hydrogen (secondary N) is 3. The Hall–Kier alpha value is -1.55. The van der Waals surface area contributed by atoms with Crippen LogP contribution < -0.4 is 16.2 Å². The fraction of sp³-hybridized carbons (Fsp3) is 0.562. The van der Waals surface area contributed by atoms with Crippen molar-refractivity contribution < 1.29 is 4.79 Å². The molecule has 1 aromatic rings. The van der Waals surface area contributed by atoms with Crippen molar-refractivity contribution in [2.24, 2.45) is 11.8 Å². The molecular weight excluding hydrogens is 250 g/mol. The molecule has 0 radical (unpaired) electrons. The number of rotatable bonds is 3. The van der Waals surface area contributed by atoms with Crippen molar-refractivity contribution in [3.63, 3.8) is 0 Å². The minimum Gasteiger partial charge on any atom is -0.388 e. The van der Waals surface area contributed by atoms with E-state index in [1.165, 1.54) is 24.8 Å². The summed E-state index contributed by atoms with van der Waals surface area (Å²) in [4.78, 5) is 11.9. The van der Waals surface area contributed by atoms with Crippen LogP contribution >= 0.6 is 0 Å². The number of carbonyl (C=O) groups is 1. The van der Waals surface area contributed by atoms with Crippen molar-refractivity contribution in [3.8, 4) is 0 Å². The second kappa shape index (κ2) is 5.83. The molecule has 4 nitrogen and oxygen atoms in total. The van der Waals surface area contributed by atoms with Crippen LogP contribution in [-0.4, -0.2) is 19.0 Å². The number of amides is 1. The zero-order valence-electron chi connectivity index (χ0n) is 12.0. The van der Waals surface area contributed by atoms with Crippen LogP contribution in [0.2, 0.25) is 0 Å². The molecule has 4 heteroatoms. The van der Waals surface area contributed by atoms with E-state index in [1.807, 2.05) is 7.05 Å². The number of hydrazine groups is 1. The quantitative estimate of drug-likeness (QED) is 0.790. The van der Waals surface area contributed by atoms with Gasteiger partial charge < -0.3 is 5.32 Å². The van der Waals surface area contributed by atoms with E-state index in [2.05, 4.69) is 40.4 Å². The number of carbonyl (C=O) groups excluding carboxylic acids is 1. The SMILES string of the molecule is CNc1ccc(CC2NNC(=O)C3CCCCC23)cc1. The van der Waals surface area contributed by atoms with E-state index in [0.717, 1.165) is 18.5 Å². The molecule has 3 unspecified atom stereocenters. The second-order valence-corrected chi connectivity index (χ2v) is 5.95. The highest BCUT2D eigenvalue weighted by Gasteiger charge is 2.39. The maximum Gasteiger partial charge on any atom is 0.237 e. The fourth-order valence-electron chi connectivity index (χ4n) is 3.59. The van der Waals surface area contributed by atoms with E-state index in [9.17, 15) is 4.79 Å². The maximum atomic E-state index is 11.9. The molecule has 0 aromatic heterocycles. The maximum absolute atomic E-state index is 11.9. The summed E-state index contributed by atoms with van der Waals surface area (Å²) in [5.74, 6) is 0.893. The summed E-state index contributed by atoms with van der Waals surface area (Å²) < 4.78 is 0. The van der Waals surface area contributed by atoms with Gasteiger partial charge in [-0.3, -0.25) is 10.2 Å². The third kappa shape index (κ3) is 2.66. The third-order valence-electron chi connectivity index (χ3n) is 4.75. The van der Waals surface area contributed by atoms with Crippen molar-refractivity contribution in [2.45, 2.75) is 38.1 Å². The van der Waals surface area contributed by atoms with Gasteiger partial charge in [0.15, 0.2) is 0 Å². The molecule has 2 aliphatic rings. The van der Waals surface area contributed by atoms with Crippen LogP contribution in [0.1, 0.15) is 31.2 Å². The minimum absolute atomic E-state index is 0.191. The zero-order chi connectivity index (χ0) is 13.9. The van der Waals surface area contributed by atoms with Gasteiger partial charge in [-0.25, -0.2) is 5.43 Å². The average molecular weight is 273 g/mol. The Morgan fingerprint density at radius 1 is 1.20 bits per heavy atom. The van der Waals surface area contributed by atoms with Crippen molar-refractivity contribution in [2.75, 3.05) is 12.4 Å². The van der Waals surface area contributed by atoms with Crippen molar-refractivity contribution in [1.29, 1.82) is 0 Å². The number of benzene rings is 1. The summed E-state index contributed by atoms with van der Waals surface area (Å²) in [6, 6.07) is 8.91. The predicted octanol–water partition coefficient (Wildman–Crippen LogP) is 2.08. The molecule has 1 heterocycles. The molecule has 3 rings (SSSR count). The molecule has 1 amide bonds. The molecule has 1 aliphatic heterocycles. The van der Waals surface area contributed by atoms with E-state index in [4.69, 9.17) is 0 Å². The van der Waals surface area contributed by atoms with Gasteiger partial charge in [0, 0.05) is 24.7 Å². The van der Waals surface area contributed by atoms with E-state index in [0.29, 0.717) is 12.0 Å². The van der Waals surface area contributed by atoms with Gasteiger partial charge in [0.1, 0.15) is 0 Å². The summed E-state index contributed by atoms with van der Waals surface area (Å²) in [6.07, 6.45) is 5.65. The van der Waals surface area contributed by atoms with Gasteiger partial charge in [0.2, 0.25) is 5.91 Å². The Morgan fingerprint density at radius 3 is 2.70 bits per heavy atom. The lowest BCUT2D eigenvalue weighted by Crippen LogP contribution is -2.60. The topological polar surface area (TPSA) is 53.2 Å². The molecule has 1 aliphatic carbocycles. The van der Waals surface area contributed by atoms with E-state index in [-0.39, 0.29) is 11.8 Å². The molecule has 108 valence electrons. The zero-order valence-corrected chi connectivity index (χ0v) is 12.0.